The summed E-state index contributed by atoms with van der Waals surface area (Å²) in [6.07, 6.45) is 0. The molecule has 0 unspecified atom stereocenters. The molecule has 0 aliphatic rings. The van der Waals surface area contributed by atoms with Crippen LogP contribution >= 0.6 is 0 Å². The van der Waals surface area contributed by atoms with E-state index in [1.54, 1.807) is 19.2 Å². The van der Waals surface area contributed by atoms with E-state index in [0.717, 1.165) is 16.9 Å². The molecule has 0 bridgehead atoms. The second-order valence-corrected chi connectivity index (χ2v) is 5.26. The first-order valence-corrected chi connectivity index (χ1v) is 7.34. The number of aromatic nitrogens is 2. The molecule has 0 atom stereocenters. The number of phenols is 1. The fourth-order valence-corrected chi connectivity index (χ4v) is 2.49. The Labute approximate surface area is 144 Å². The lowest BCUT2D eigenvalue weighted by Gasteiger charge is -2.11. The van der Waals surface area contributed by atoms with Crippen LogP contribution < -0.4 is 16.2 Å². The van der Waals surface area contributed by atoms with E-state index in [0.29, 0.717) is 5.56 Å². The van der Waals surface area contributed by atoms with Crippen LogP contribution in [0.1, 0.15) is 5.56 Å². The van der Waals surface area contributed by atoms with Crippen molar-refractivity contribution in [2.24, 2.45) is 0 Å². The van der Waals surface area contributed by atoms with Crippen molar-refractivity contribution in [3.63, 3.8) is 0 Å². The third-order valence-corrected chi connectivity index (χ3v) is 3.74. The summed E-state index contributed by atoms with van der Waals surface area (Å²) < 4.78 is 5.15. The van der Waals surface area contributed by atoms with E-state index >= 15 is 0 Å². The Morgan fingerprint density at radius 1 is 1.04 bits per heavy atom. The van der Waals surface area contributed by atoms with Crippen LogP contribution in [0, 0.1) is 11.3 Å². The second-order valence-electron chi connectivity index (χ2n) is 5.26. The lowest BCUT2D eigenvalue weighted by Crippen LogP contribution is -2.05. The molecule has 3 aromatic rings. The molecule has 3 rings (SSSR count). The molecule has 2 aromatic carbocycles. The zero-order valence-corrected chi connectivity index (χ0v) is 13.4. The van der Waals surface area contributed by atoms with Crippen LogP contribution in [0.2, 0.25) is 0 Å². The summed E-state index contributed by atoms with van der Waals surface area (Å²) in [5.74, 6) is 0.608. The van der Waals surface area contributed by atoms with E-state index in [1.165, 1.54) is 6.07 Å². The largest absolute Gasteiger partial charge is 0.507 e. The zero-order valence-electron chi connectivity index (χ0n) is 13.4. The van der Waals surface area contributed by atoms with Gasteiger partial charge in [0.2, 0.25) is 5.95 Å². The highest BCUT2D eigenvalue weighted by Gasteiger charge is 2.17. The molecule has 7 nitrogen and oxygen atoms in total. The maximum Gasteiger partial charge on any atom is 0.222 e. The predicted molar refractivity (Wildman–Crippen MR) is 94.7 cm³/mol. The summed E-state index contributed by atoms with van der Waals surface area (Å²) in [4.78, 5) is 7.87. The smallest absolute Gasteiger partial charge is 0.222 e. The van der Waals surface area contributed by atoms with Crippen molar-refractivity contribution in [3.8, 4) is 40.0 Å². The Morgan fingerprint density at radius 2 is 1.72 bits per heavy atom. The van der Waals surface area contributed by atoms with Gasteiger partial charge in [0.05, 0.1) is 12.8 Å². The molecule has 124 valence electrons. The number of anilines is 2. The van der Waals surface area contributed by atoms with Gasteiger partial charge in [-0.1, -0.05) is 18.2 Å². The Balaban J connectivity index is 2.17. The SMILES string of the molecule is COc1ccc(-c2ccc(O)c(-c3nc(N)nc(N)c3C#N)c2)cc1. The number of aromatic hydroxyl groups is 1. The lowest BCUT2D eigenvalue weighted by molar-refractivity contribution is 0.415. The summed E-state index contributed by atoms with van der Waals surface area (Å²) in [7, 11) is 1.60. The molecular formula is C18H15N5O2. The molecule has 0 spiro atoms. The minimum Gasteiger partial charge on any atom is -0.507 e. The zero-order chi connectivity index (χ0) is 18.0. The lowest BCUT2D eigenvalue weighted by atomic mass is 9.99. The third kappa shape index (κ3) is 3.01. The van der Waals surface area contributed by atoms with Gasteiger partial charge in [0, 0.05) is 5.56 Å². The molecule has 1 heterocycles. The summed E-state index contributed by atoms with van der Waals surface area (Å²) >= 11 is 0. The Morgan fingerprint density at radius 3 is 2.36 bits per heavy atom. The second kappa shape index (κ2) is 6.37. The van der Waals surface area contributed by atoms with E-state index in [1.807, 2.05) is 30.3 Å². The highest BCUT2D eigenvalue weighted by molar-refractivity contribution is 5.81. The quantitative estimate of drug-likeness (QED) is 0.671. The number of ether oxygens (including phenoxy) is 1. The number of rotatable bonds is 3. The average molecular weight is 333 g/mol. The summed E-state index contributed by atoms with van der Waals surface area (Å²) in [6.45, 7) is 0. The van der Waals surface area contributed by atoms with Crippen LogP contribution in [0.15, 0.2) is 42.5 Å². The van der Waals surface area contributed by atoms with Crippen molar-refractivity contribution in [3.05, 3.63) is 48.0 Å². The highest BCUT2D eigenvalue weighted by atomic mass is 16.5. The first-order valence-electron chi connectivity index (χ1n) is 7.34. The minimum absolute atomic E-state index is 0.0285. The Hall–Kier alpha value is -3.79. The number of nitrogen functional groups attached to an aromatic ring is 2. The van der Waals surface area contributed by atoms with Gasteiger partial charge in [-0.15, -0.1) is 0 Å². The van der Waals surface area contributed by atoms with Crippen molar-refractivity contribution in [1.29, 1.82) is 5.26 Å². The van der Waals surface area contributed by atoms with Gasteiger partial charge in [0.15, 0.2) is 0 Å². The first-order chi connectivity index (χ1) is 12.0. The van der Waals surface area contributed by atoms with Crippen LogP contribution in [0.3, 0.4) is 0 Å². The molecule has 0 fully saturated rings. The average Bonchev–Trinajstić information content (AvgIpc) is 2.61. The van der Waals surface area contributed by atoms with Crippen molar-refractivity contribution < 1.29 is 9.84 Å². The molecule has 0 saturated heterocycles. The van der Waals surface area contributed by atoms with Crippen LogP contribution in [0.5, 0.6) is 11.5 Å². The standard InChI is InChI=1S/C18H15N5O2/c1-25-12-5-2-10(3-6-12)11-4-7-15(24)13(8-11)16-14(9-19)17(20)23-18(21)22-16/h2-8,24H,1H3,(H4,20,21,22,23). The molecular weight excluding hydrogens is 318 g/mol. The Kier molecular flexibility index (Phi) is 4.10. The number of nitriles is 1. The number of hydrogen-bond donors (Lipinski definition) is 3. The number of benzene rings is 2. The normalized spacial score (nSPS) is 10.2. The molecule has 7 heteroatoms. The molecule has 1 aromatic heterocycles. The van der Waals surface area contributed by atoms with Crippen LogP contribution in [0.25, 0.3) is 22.4 Å². The molecule has 0 amide bonds. The molecule has 5 N–H and O–H groups in total. The van der Waals surface area contributed by atoms with E-state index in [2.05, 4.69) is 9.97 Å². The topological polar surface area (TPSA) is 131 Å². The van der Waals surface area contributed by atoms with Gasteiger partial charge in [-0.05, 0) is 35.4 Å². The number of nitrogens with zero attached hydrogens (tertiary/aromatic N) is 3. The first kappa shape index (κ1) is 16.1. The fourth-order valence-electron chi connectivity index (χ4n) is 2.49. The third-order valence-electron chi connectivity index (χ3n) is 3.74. The maximum atomic E-state index is 10.2. The minimum atomic E-state index is -0.0687. The van der Waals surface area contributed by atoms with Crippen molar-refractivity contribution in [2.45, 2.75) is 0 Å². The number of methoxy groups -OCH3 is 1. The van der Waals surface area contributed by atoms with Crippen LogP contribution in [-0.4, -0.2) is 22.2 Å². The monoisotopic (exact) mass is 333 g/mol. The van der Waals surface area contributed by atoms with Crippen molar-refractivity contribution in [2.75, 3.05) is 18.6 Å². The fraction of sp³-hybridized carbons (Fsp3) is 0.0556. The number of hydrogen-bond acceptors (Lipinski definition) is 7. The van der Waals surface area contributed by atoms with Crippen LogP contribution in [-0.2, 0) is 0 Å². The van der Waals surface area contributed by atoms with Gasteiger partial charge in [0.1, 0.15) is 28.9 Å². The van der Waals surface area contributed by atoms with Gasteiger partial charge in [-0.3, -0.25) is 0 Å². The maximum absolute atomic E-state index is 10.2. The van der Waals surface area contributed by atoms with Gasteiger partial charge < -0.3 is 21.3 Å². The summed E-state index contributed by atoms with van der Waals surface area (Å²) in [6, 6.07) is 14.4. The molecule has 0 aliphatic carbocycles. The highest BCUT2D eigenvalue weighted by Crippen LogP contribution is 2.35. The van der Waals surface area contributed by atoms with E-state index in [9.17, 15) is 10.4 Å². The number of nitrogens with two attached hydrogens (primary N) is 2. The van der Waals surface area contributed by atoms with Gasteiger partial charge in [0.25, 0.3) is 0 Å². The van der Waals surface area contributed by atoms with Crippen molar-refractivity contribution >= 4 is 11.8 Å². The molecule has 0 radical (unpaired) electrons. The molecule has 0 saturated carbocycles. The number of phenolic OH excluding ortho intramolecular Hbond substituents is 1. The van der Waals surface area contributed by atoms with Gasteiger partial charge in [-0.25, -0.2) is 4.98 Å². The molecule has 0 aliphatic heterocycles. The summed E-state index contributed by atoms with van der Waals surface area (Å²) in [5.41, 5.74) is 13.8. The van der Waals surface area contributed by atoms with Gasteiger partial charge in [-0.2, -0.15) is 10.2 Å². The van der Waals surface area contributed by atoms with E-state index in [-0.39, 0.29) is 28.8 Å². The van der Waals surface area contributed by atoms with Gasteiger partial charge >= 0.3 is 0 Å². The summed E-state index contributed by atoms with van der Waals surface area (Å²) in [5, 5.41) is 19.6. The van der Waals surface area contributed by atoms with E-state index in [4.69, 9.17) is 16.2 Å². The van der Waals surface area contributed by atoms with Crippen LogP contribution in [0.4, 0.5) is 11.8 Å². The van der Waals surface area contributed by atoms with E-state index < -0.39 is 0 Å². The molecule has 25 heavy (non-hydrogen) atoms. The Bertz CT molecular complexity index is 978. The predicted octanol–water partition coefficient (Wildman–Crippen LogP) is 2.56. The van der Waals surface area contributed by atoms with Crippen molar-refractivity contribution in [1.82, 2.24) is 9.97 Å².